The van der Waals surface area contributed by atoms with E-state index >= 15 is 0 Å². The van der Waals surface area contributed by atoms with Crippen LogP contribution in [0.15, 0.2) is 29.3 Å². The fraction of sp³-hybridized carbons (Fsp3) is 0.467. The minimum atomic E-state index is 0.618. The fourth-order valence-corrected chi connectivity index (χ4v) is 1.58. The molecule has 0 heterocycles. The molecule has 4 heteroatoms. The standard InChI is InChI=1S/C15H22N4/c1-3-5-10-18-15(17-4-2)19-12-14-8-6-13(11-16)7-9-14/h6-9H,3-5,10,12H2,1-2H3,(H2,17,18,19). The second-order valence-corrected chi connectivity index (χ2v) is 4.28. The number of nitrogens with zero attached hydrogens (tertiary/aromatic N) is 2. The molecular weight excluding hydrogens is 236 g/mol. The quantitative estimate of drug-likeness (QED) is 0.468. The van der Waals surface area contributed by atoms with Gasteiger partial charge in [0.15, 0.2) is 5.96 Å². The highest BCUT2D eigenvalue weighted by Gasteiger charge is 1.97. The van der Waals surface area contributed by atoms with E-state index < -0.39 is 0 Å². The van der Waals surface area contributed by atoms with Gasteiger partial charge in [-0.1, -0.05) is 25.5 Å². The lowest BCUT2D eigenvalue weighted by Crippen LogP contribution is -2.37. The summed E-state index contributed by atoms with van der Waals surface area (Å²) in [7, 11) is 0. The van der Waals surface area contributed by atoms with Crippen LogP contribution in [0.1, 0.15) is 37.8 Å². The third-order valence-corrected chi connectivity index (χ3v) is 2.67. The maximum absolute atomic E-state index is 8.74. The van der Waals surface area contributed by atoms with Gasteiger partial charge in [0, 0.05) is 13.1 Å². The third kappa shape index (κ3) is 5.91. The minimum Gasteiger partial charge on any atom is -0.357 e. The Kier molecular flexibility index (Phi) is 7.11. The molecule has 2 N–H and O–H groups in total. The van der Waals surface area contributed by atoms with E-state index in [4.69, 9.17) is 5.26 Å². The third-order valence-electron chi connectivity index (χ3n) is 2.67. The van der Waals surface area contributed by atoms with Crippen molar-refractivity contribution in [3.05, 3.63) is 35.4 Å². The number of nitriles is 1. The van der Waals surface area contributed by atoms with E-state index in [1.54, 1.807) is 0 Å². The van der Waals surface area contributed by atoms with Gasteiger partial charge in [0.1, 0.15) is 0 Å². The van der Waals surface area contributed by atoms with Gasteiger partial charge in [-0.15, -0.1) is 0 Å². The molecule has 0 aliphatic heterocycles. The first-order chi connectivity index (χ1) is 9.30. The first kappa shape index (κ1) is 15.0. The minimum absolute atomic E-state index is 0.618. The molecule has 0 saturated heterocycles. The summed E-state index contributed by atoms with van der Waals surface area (Å²) >= 11 is 0. The highest BCUT2D eigenvalue weighted by atomic mass is 15.2. The average molecular weight is 258 g/mol. The van der Waals surface area contributed by atoms with Gasteiger partial charge in [-0.05, 0) is 31.0 Å². The lowest BCUT2D eigenvalue weighted by Gasteiger charge is -2.10. The van der Waals surface area contributed by atoms with Gasteiger partial charge in [-0.3, -0.25) is 0 Å². The van der Waals surface area contributed by atoms with Crippen molar-refractivity contribution in [2.75, 3.05) is 13.1 Å². The molecule has 0 aliphatic rings. The van der Waals surface area contributed by atoms with Crippen molar-refractivity contribution < 1.29 is 0 Å². The summed E-state index contributed by atoms with van der Waals surface area (Å²) < 4.78 is 0. The lowest BCUT2D eigenvalue weighted by molar-refractivity contribution is 0.730. The van der Waals surface area contributed by atoms with Gasteiger partial charge < -0.3 is 10.6 Å². The molecule has 0 bridgehead atoms. The monoisotopic (exact) mass is 258 g/mol. The first-order valence-corrected chi connectivity index (χ1v) is 6.81. The second kappa shape index (κ2) is 8.98. The Morgan fingerprint density at radius 3 is 2.53 bits per heavy atom. The summed E-state index contributed by atoms with van der Waals surface area (Å²) in [6.07, 6.45) is 2.31. The summed E-state index contributed by atoms with van der Waals surface area (Å²) in [6, 6.07) is 9.64. The fourth-order valence-electron chi connectivity index (χ4n) is 1.58. The Balaban J connectivity index is 2.55. The van der Waals surface area contributed by atoms with Crippen LogP contribution in [0.25, 0.3) is 0 Å². The Bertz CT molecular complexity index is 428. The zero-order valence-electron chi connectivity index (χ0n) is 11.7. The Hall–Kier alpha value is -2.02. The molecule has 102 valence electrons. The van der Waals surface area contributed by atoms with Crippen LogP contribution in [0.5, 0.6) is 0 Å². The molecule has 0 aromatic heterocycles. The molecule has 0 spiro atoms. The van der Waals surface area contributed by atoms with E-state index in [0.29, 0.717) is 12.1 Å². The summed E-state index contributed by atoms with van der Waals surface area (Å²) in [5.41, 5.74) is 1.78. The molecular formula is C15H22N4. The highest BCUT2D eigenvalue weighted by Crippen LogP contribution is 2.04. The molecule has 4 nitrogen and oxygen atoms in total. The topological polar surface area (TPSA) is 60.2 Å². The van der Waals surface area contributed by atoms with Crippen LogP contribution in [0.4, 0.5) is 0 Å². The van der Waals surface area contributed by atoms with Gasteiger partial charge >= 0.3 is 0 Å². The zero-order chi connectivity index (χ0) is 13.9. The Morgan fingerprint density at radius 1 is 1.21 bits per heavy atom. The maximum Gasteiger partial charge on any atom is 0.191 e. The largest absolute Gasteiger partial charge is 0.357 e. The van der Waals surface area contributed by atoms with Crippen LogP contribution in [0.2, 0.25) is 0 Å². The van der Waals surface area contributed by atoms with Crippen molar-refractivity contribution in [3.63, 3.8) is 0 Å². The van der Waals surface area contributed by atoms with Crippen LogP contribution in [-0.4, -0.2) is 19.0 Å². The normalized spacial score (nSPS) is 10.9. The van der Waals surface area contributed by atoms with Crippen LogP contribution in [-0.2, 0) is 6.54 Å². The molecule has 19 heavy (non-hydrogen) atoms. The molecule has 0 aliphatic carbocycles. The number of rotatable bonds is 6. The molecule has 0 radical (unpaired) electrons. The summed E-state index contributed by atoms with van der Waals surface area (Å²) in [4.78, 5) is 4.52. The van der Waals surface area contributed by atoms with Crippen LogP contribution < -0.4 is 10.6 Å². The zero-order valence-corrected chi connectivity index (χ0v) is 11.7. The van der Waals surface area contributed by atoms with Crippen molar-refractivity contribution in [3.8, 4) is 6.07 Å². The van der Waals surface area contributed by atoms with Gasteiger partial charge in [0.05, 0.1) is 18.2 Å². The smallest absolute Gasteiger partial charge is 0.191 e. The number of hydrogen-bond donors (Lipinski definition) is 2. The van der Waals surface area contributed by atoms with Crippen molar-refractivity contribution in [1.82, 2.24) is 10.6 Å². The van der Waals surface area contributed by atoms with E-state index in [0.717, 1.165) is 31.0 Å². The molecule has 0 fully saturated rings. The summed E-state index contributed by atoms with van der Waals surface area (Å²) in [6.45, 7) is 6.63. The van der Waals surface area contributed by atoms with E-state index in [1.807, 2.05) is 24.3 Å². The number of benzene rings is 1. The highest BCUT2D eigenvalue weighted by molar-refractivity contribution is 5.79. The predicted molar refractivity (Wildman–Crippen MR) is 78.9 cm³/mol. The van der Waals surface area contributed by atoms with Crippen molar-refractivity contribution in [1.29, 1.82) is 5.26 Å². The molecule has 0 unspecified atom stereocenters. The van der Waals surface area contributed by atoms with Gasteiger partial charge in [0.25, 0.3) is 0 Å². The molecule has 0 amide bonds. The SMILES string of the molecule is CCCCNC(=NCc1ccc(C#N)cc1)NCC. The summed E-state index contributed by atoms with van der Waals surface area (Å²) in [5.74, 6) is 0.848. The van der Waals surface area contributed by atoms with E-state index in [2.05, 4.69) is 35.5 Å². The predicted octanol–water partition coefficient (Wildman–Crippen LogP) is 2.41. The van der Waals surface area contributed by atoms with E-state index in [9.17, 15) is 0 Å². The number of aliphatic imine (C=N–C) groups is 1. The molecule has 0 saturated carbocycles. The van der Waals surface area contributed by atoms with Crippen LogP contribution in [0.3, 0.4) is 0 Å². The van der Waals surface area contributed by atoms with E-state index in [1.165, 1.54) is 6.42 Å². The van der Waals surface area contributed by atoms with Crippen LogP contribution in [0, 0.1) is 11.3 Å². The van der Waals surface area contributed by atoms with Gasteiger partial charge in [-0.25, -0.2) is 4.99 Å². The molecule has 1 rings (SSSR count). The molecule has 1 aromatic rings. The Labute approximate surface area is 115 Å². The maximum atomic E-state index is 8.74. The van der Waals surface area contributed by atoms with Crippen molar-refractivity contribution in [2.45, 2.75) is 33.2 Å². The number of nitrogens with one attached hydrogen (secondary N) is 2. The second-order valence-electron chi connectivity index (χ2n) is 4.28. The average Bonchev–Trinajstić information content (AvgIpc) is 2.45. The first-order valence-electron chi connectivity index (χ1n) is 6.81. The number of hydrogen-bond acceptors (Lipinski definition) is 2. The summed E-state index contributed by atoms with van der Waals surface area (Å²) in [5, 5.41) is 15.3. The number of guanidine groups is 1. The van der Waals surface area contributed by atoms with Gasteiger partial charge in [0.2, 0.25) is 0 Å². The van der Waals surface area contributed by atoms with Crippen molar-refractivity contribution in [2.24, 2.45) is 4.99 Å². The van der Waals surface area contributed by atoms with E-state index in [-0.39, 0.29) is 0 Å². The lowest BCUT2D eigenvalue weighted by atomic mass is 10.1. The van der Waals surface area contributed by atoms with Crippen LogP contribution >= 0.6 is 0 Å². The Morgan fingerprint density at radius 2 is 1.95 bits per heavy atom. The number of unbranched alkanes of at least 4 members (excludes halogenated alkanes) is 1. The van der Waals surface area contributed by atoms with Crippen molar-refractivity contribution >= 4 is 5.96 Å². The molecule has 0 atom stereocenters. The molecule has 1 aromatic carbocycles. The van der Waals surface area contributed by atoms with Gasteiger partial charge in [-0.2, -0.15) is 5.26 Å².